The number of hydrogen-bond acceptors (Lipinski definition) is 1. The molecule has 1 heterocycles. The molecule has 0 bridgehead atoms. The van der Waals surface area contributed by atoms with Gasteiger partial charge < -0.3 is 10.6 Å². The van der Waals surface area contributed by atoms with E-state index >= 15 is 0 Å². The number of nitrogens with zero attached hydrogens (tertiary/aromatic N) is 2. The lowest BCUT2D eigenvalue weighted by molar-refractivity contribution is 0.118. The van der Waals surface area contributed by atoms with Crippen molar-refractivity contribution in [2.75, 3.05) is 13.1 Å². The van der Waals surface area contributed by atoms with Crippen LogP contribution < -0.4 is 5.73 Å². The molecule has 1 aliphatic carbocycles. The fraction of sp³-hybridized carbons (Fsp3) is 0.929. The lowest BCUT2D eigenvalue weighted by Gasteiger charge is -2.44. The first-order chi connectivity index (χ1) is 8.18. The number of piperidine rings is 1. The van der Waals surface area contributed by atoms with Gasteiger partial charge in [0.05, 0.1) is 0 Å². The van der Waals surface area contributed by atoms with Gasteiger partial charge in [0.15, 0.2) is 5.96 Å². The molecule has 0 spiro atoms. The Kier molecular flexibility index (Phi) is 4.30. The molecule has 0 aromatic heterocycles. The fourth-order valence-electron chi connectivity index (χ4n) is 3.28. The van der Waals surface area contributed by atoms with Crippen molar-refractivity contribution in [2.24, 2.45) is 22.6 Å². The van der Waals surface area contributed by atoms with Crippen molar-refractivity contribution in [3.05, 3.63) is 0 Å². The minimum atomic E-state index is 0.598. The summed E-state index contributed by atoms with van der Waals surface area (Å²) >= 11 is 0. The molecule has 2 aliphatic rings. The van der Waals surface area contributed by atoms with Crippen molar-refractivity contribution in [3.8, 4) is 0 Å². The molecule has 2 fully saturated rings. The summed E-state index contributed by atoms with van der Waals surface area (Å²) in [5.41, 5.74) is 6.18. The normalized spacial score (nSPS) is 30.5. The quantitative estimate of drug-likeness (QED) is 0.592. The van der Waals surface area contributed by atoms with Gasteiger partial charge in [-0.1, -0.05) is 26.7 Å². The van der Waals surface area contributed by atoms with E-state index in [1.807, 2.05) is 0 Å². The van der Waals surface area contributed by atoms with Gasteiger partial charge in [0.1, 0.15) is 0 Å². The summed E-state index contributed by atoms with van der Waals surface area (Å²) in [4.78, 5) is 6.96. The second-order valence-corrected chi connectivity index (χ2v) is 6.04. The van der Waals surface area contributed by atoms with Crippen molar-refractivity contribution in [2.45, 2.75) is 58.4 Å². The Labute approximate surface area is 105 Å². The molecule has 1 aliphatic heterocycles. The van der Waals surface area contributed by atoms with Crippen LogP contribution in [-0.4, -0.2) is 30.0 Å². The molecule has 0 aromatic rings. The van der Waals surface area contributed by atoms with Crippen molar-refractivity contribution in [1.29, 1.82) is 0 Å². The first kappa shape index (κ1) is 12.7. The lowest BCUT2D eigenvalue weighted by Crippen LogP contribution is -2.52. The molecule has 0 radical (unpaired) electrons. The third-order valence-corrected chi connectivity index (χ3v) is 4.16. The molecular weight excluding hydrogens is 210 g/mol. The summed E-state index contributed by atoms with van der Waals surface area (Å²) in [7, 11) is 0. The predicted octanol–water partition coefficient (Wildman–Crippen LogP) is 2.61. The van der Waals surface area contributed by atoms with Crippen LogP contribution in [0.25, 0.3) is 0 Å². The molecule has 98 valence electrons. The Balaban J connectivity index is 2.00. The highest BCUT2D eigenvalue weighted by Crippen LogP contribution is 2.34. The van der Waals surface area contributed by atoms with Gasteiger partial charge in [-0.15, -0.1) is 0 Å². The lowest BCUT2D eigenvalue weighted by atomic mass is 9.78. The molecule has 2 atom stereocenters. The Morgan fingerprint density at radius 3 is 2.71 bits per heavy atom. The number of aliphatic imine (C=N–C) groups is 1. The third kappa shape index (κ3) is 3.14. The van der Waals surface area contributed by atoms with Gasteiger partial charge in [-0.25, -0.2) is 0 Å². The maximum atomic E-state index is 6.18. The largest absolute Gasteiger partial charge is 0.370 e. The van der Waals surface area contributed by atoms with Crippen LogP contribution in [0.1, 0.15) is 52.4 Å². The van der Waals surface area contributed by atoms with Gasteiger partial charge in [-0.2, -0.15) is 0 Å². The second-order valence-electron chi connectivity index (χ2n) is 6.04. The molecule has 2 unspecified atom stereocenters. The second kappa shape index (κ2) is 5.74. The smallest absolute Gasteiger partial charge is 0.191 e. The average Bonchev–Trinajstić information content (AvgIpc) is 2.35. The highest BCUT2D eigenvalue weighted by atomic mass is 15.3. The number of guanidine groups is 1. The molecule has 0 aromatic carbocycles. The number of hydrogen-bond donors (Lipinski definition) is 1. The Morgan fingerprint density at radius 2 is 1.94 bits per heavy atom. The molecular formula is C14H27N3. The topological polar surface area (TPSA) is 41.6 Å². The van der Waals surface area contributed by atoms with Crippen molar-refractivity contribution in [3.63, 3.8) is 0 Å². The van der Waals surface area contributed by atoms with E-state index in [9.17, 15) is 0 Å². The first-order valence-corrected chi connectivity index (χ1v) is 7.25. The van der Waals surface area contributed by atoms with Crippen LogP contribution in [0.5, 0.6) is 0 Å². The van der Waals surface area contributed by atoms with Crippen LogP contribution in [-0.2, 0) is 0 Å². The van der Waals surface area contributed by atoms with Crippen LogP contribution in [0.4, 0.5) is 0 Å². The van der Waals surface area contributed by atoms with Crippen LogP contribution in [0, 0.1) is 11.8 Å². The summed E-state index contributed by atoms with van der Waals surface area (Å²) in [5.74, 6) is 2.28. The summed E-state index contributed by atoms with van der Waals surface area (Å²) in [5, 5.41) is 0. The maximum absolute atomic E-state index is 6.18. The van der Waals surface area contributed by atoms with E-state index < -0.39 is 0 Å². The van der Waals surface area contributed by atoms with E-state index in [1.165, 1.54) is 38.5 Å². The van der Waals surface area contributed by atoms with Crippen molar-refractivity contribution < 1.29 is 0 Å². The van der Waals surface area contributed by atoms with Crippen molar-refractivity contribution in [1.82, 2.24) is 4.90 Å². The number of likely N-dealkylation sites (tertiary alicyclic amines) is 1. The highest BCUT2D eigenvalue weighted by molar-refractivity contribution is 5.78. The molecule has 2 rings (SSSR count). The van der Waals surface area contributed by atoms with Crippen LogP contribution in [0.3, 0.4) is 0 Å². The average molecular weight is 237 g/mol. The summed E-state index contributed by atoms with van der Waals surface area (Å²) in [6.45, 7) is 6.36. The van der Waals surface area contributed by atoms with Crippen LogP contribution >= 0.6 is 0 Å². The summed E-state index contributed by atoms with van der Waals surface area (Å²) in [6.07, 6.45) is 8.20. The highest BCUT2D eigenvalue weighted by Gasteiger charge is 2.33. The fourth-order valence-corrected chi connectivity index (χ4v) is 3.28. The van der Waals surface area contributed by atoms with E-state index in [-0.39, 0.29) is 0 Å². The zero-order chi connectivity index (χ0) is 12.3. The molecule has 2 N–H and O–H groups in total. The number of nitrogens with two attached hydrogens (primary N) is 1. The molecule has 1 saturated carbocycles. The number of fused-ring (bicyclic) bond motifs is 1. The first-order valence-electron chi connectivity index (χ1n) is 7.25. The molecule has 3 heteroatoms. The minimum Gasteiger partial charge on any atom is -0.370 e. The predicted molar refractivity (Wildman–Crippen MR) is 73.0 cm³/mol. The Hall–Kier alpha value is -0.730. The molecule has 1 saturated heterocycles. The van der Waals surface area contributed by atoms with E-state index in [2.05, 4.69) is 23.7 Å². The Bertz CT molecular complexity index is 271. The SMILES string of the molecule is CC(C)CN=C(N)N1CCCC2CCCCC21. The van der Waals surface area contributed by atoms with E-state index in [1.54, 1.807) is 0 Å². The zero-order valence-corrected chi connectivity index (χ0v) is 11.4. The van der Waals surface area contributed by atoms with Gasteiger partial charge in [0, 0.05) is 19.1 Å². The standard InChI is InChI=1S/C14H27N3/c1-11(2)10-16-14(15)17-9-5-7-12-6-3-4-8-13(12)17/h11-13H,3-10H2,1-2H3,(H2,15,16). The Morgan fingerprint density at radius 1 is 1.24 bits per heavy atom. The van der Waals surface area contributed by atoms with E-state index in [0.717, 1.165) is 25.0 Å². The molecule has 17 heavy (non-hydrogen) atoms. The summed E-state index contributed by atoms with van der Waals surface area (Å²) in [6, 6.07) is 0.688. The maximum Gasteiger partial charge on any atom is 0.191 e. The summed E-state index contributed by atoms with van der Waals surface area (Å²) < 4.78 is 0. The van der Waals surface area contributed by atoms with Gasteiger partial charge in [-0.3, -0.25) is 4.99 Å². The van der Waals surface area contributed by atoms with Gasteiger partial charge in [0.2, 0.25) is 0 Å². The minimum absolute atomic E-state index is 0.598. The molecule has 0 amide bonds. The third-order valence-electron chi connectivity index (χ3n) is 4.16. The van der Waals surface area contributed by atoms with Gasteiger partial charge in [0.25, 0.3) is 0 Å². The van der Waals surface area contributed by atoms with Gasteiger partial charge in [-0.05, 0) is 37.5 Å². The van der Waals surface area contributed by atoms with Crippen LogP contribution in [0.15, 0.2) is 4.99 Å². The van der Waals surface area contributed by atoms with Gasteiger partial charge >= 0.3 is 0 Å². The zero-order valence-electron chi connectivity index (χ0n) is 11.4. The molecule has 3 nitrogen and oxygen atoms in total. The van der Waals surface area contributed by atoms with Crippen molar-refractivity contribution >= 4 is 5.96 Å². The van der Waals surface area contributed by atoms with E-state index in [0.29, 0.717) is 12.0 Å². The van der Waals surface area contributed by atoms with Crippen LogP contribution in [0.2, 0.25) is 0 Å². The van der Waals surface area contributed by atoms with E-state index in [4.69, 9.17) is 5.73 Å². The monoisotopic (exact) mass is 237 g/mol. The number of rotatable bonds is 2.